The first-order chi connectivity index (χ1) is 10.8. The van der Waals surface area contributed by atoms with Crippen LogP contribution in [0.1, 0.15) is 26.3 Å². The molecule has 0 N–H and O–H groups in total. The van der Waals surface area contributed by atoms with Crippen molar-refractivity contribution in [2.45, 2.75) is 38.8 Å². The number of morpholine rings is 1. The molecule has 0 aliphatic carbocycles. The van der Waals surface area contributed by atoms with Crippen molar-refractivity contribution in [2.24, 2.45) is 0 Å². The van der Waals surface area contributed by atoms with Crippen molar-refractivity contribution in [2.75, 3.05) is 19.8 Å². The van der Waals surface area contributed by atoms with Crippen LogP contribution in [0, 0.1) is 5.82 Å². The molecule has 6 heteroatoms. The molecule has 2 rings (SSSR count). The maximum Gasteiger partial charge on any atom is 0.411 e. The van der Waals surface area contributed by atoms with Gasteiger partial charge in [-0.05, 0) is 38.5 Å². The Hall–Kier alpha value is -1.95. The second-order valence-corrected chi connectivity index (χ2v) is 6.54. The number of Topliss-reactive ketones (excluding diaryl/α,β-unsaturated/α-hetero) is 1. The van der Waals surface area contributed by atoms with E-state index < -0.39 is 17.7 Å². The fourth-order valence-electron chi connectivity index (χ4n) is 2.38. The smallest absolute Gasteiger partial charge is 0.411 e. The molecule has 5 nitrogen and oxygen atoms in total. The largest absolute Gasteiger partial charge is 0.444 e. The number of rotatable bonds is 3. The quantitative estimate of drug-likeness (QED) is 0.858. The van der Waals surface area contributed by atoms with Crippen molar-refractivity contribution in [3.05, 3.63) is 35.6 Å². The first-order valence-electron chi connectivity index (χ1n) is 7.61. The second-order valence-electron chi connectivity index (χ2n) is 6.54. The Morgan fingerprint density at radius 2 is 2.13 bits per heavy atom. The number of ketones is 1. The van der Waals surface area contributed by atoms with Gasteiger partial charge in [0.25, 0.3) is 0 Å². The van der Waals surface area contributed by atoms with Gasteiger partial charge >= 0.3 is 6.09 Å². The number of carbonyl (C=O) groups excluding carboxylic acids is 2. The molecular formula is C17H22FNO4. The Balaban J connectivity index is 2.08. The number of hydrogen-bond acceptors (Lipinski definition) is 4. The highest BCUT2D eigenvalue weighted by atomic mass is 19.1. The Morgan fingerprint density at radius 3 is 2.78 bits per heavy atom. The van der Waals surface area contributed by atoms with Gasteiger partial charge in [0.2, 0.25) is 0 Å². The summed E-state index contributed by atoms with van der Waals surface area (Å²) in [7, 11) is 0. The highest BCUT2D eigenvalue weighted by molar-refractivity contribution is 5.89. The van der Waals surface area contributed by atoms with E-state index in [1.807, 2.05) is 0 Å². The number of benzene rings is 1. The zero-order valence-electron chi connectivity index (χ0n) is 13.7. The summed E-state index contributed by atoms with van der Waals surface area (Å²) in [6.45, 7) is 6.11. The SMILES string of the molecule is CC(C)(C)OC(=O)N1CCOCC1C(=O)Cc1cccc(F)c1. The summed E-state index contributed by atoms with van der Waals surface area (Å²) in [4.78, 5) is 26.2. The fourth-order valence-corrected chi connectivity index (χ4v) is 2.38. The molecule has 126 valence electrons. The Kier molecular flexibility index (Phi) is 5.36. The summed E-state index contributed by atoms with van der Waals surface area (Å²) in [5.74, 6) is -0.583. The third-order valence-corrected chi connectivity index (χ3v) is 3.40. The van der Waals surface area contributed by atoms with E-state index in [1.165, 1.54) is 17.0 Å². The van der Waals surface area contributed by atoms with Crippen LogP contribution in [0.4, 0.5) is 9.18 Å². The van der Waals surface area contributed by atoms with Crippen LogP contribution < -0.4 is 0 Å². The van der Waals surface area contributed by atoms with Crippen LogP contribution in [0.2, 0.25) is 0 Å². The van der Waals surface area contributed by atoms with Gasteiger partial charge < -0.3 is 9.47 Å². The van der Waals surface area contributed by atoms with Gasteiger partial charge in [0.15, 0.2) is 5.78 Å². The van der Waals surface area contributed by atoms with Crippen LogP contribution >= 0.6 is 0 Å². The molecule has 0 saturated carbocycles. The molecule has 1 aliphatic heterocycles. The summed E-state index contributed by atoms with van der Waals surface area (Å²) < 4.78 is 23.9. The lowest BCUT2D eigenvalue weighted by Gasteiger charge is -2.35. The van der Waals surface area contributed by atoms with E-state index >= 15 is 0 Å². The van der Waals surface area contributed by atoms with Crippen LogP contribution in [-0.4, -0.2) is 48.2 Å². The second kappa shape index (κ2) is 7.08. The number of halogens is 1. The molecule has 0 spiro atoms. The number of carbonyl (C=O) groups is 2. The van der Waals surface area contributed by atoms with Gasteiger partial charge in [-0.3, -0.25) is 9.69 Å². The molecule has 0 aromatic heterocycles. The first kappa shape index (κ1) is 17.4. The molecule has 0 radical (unpaired) electrons. The highest BCUT2D eigenvalue weighted by Crippen LogP contribution is 2.17. The van der Waals surface area contributed by atoms with E-state index in [-0.39, 0.29) is 24.6 Å². The van der Waals surface area contributed by atoms with Crippen molar-refractivity contribution in [1.29, 1.82) is 0 Å². The maximum atomic E-state index is 13.2. The number of amides is 1. The van der Waals surface area contributed by atoms with Crippen LogP contribution in [0.5, 0.6) is 0 Å². The average Bonchev–Trinajstić information content (AvgIpc) is 2.45. The Bertz CT molecular complexity index is 582. The van der Waals surface area contributed by atoms with E-state index in [0.717, 1.165) is 0 Å². The zero-order valence-corrected chi connectivity index (χ0v) is 13.7. The van der Waals surface area contributed by atoms with E-state index in [0.29, 0.717) is 18.7 Å². The minimum Gasteiger partial charge on any atom is -0.444 e. The van der Waals surface area contributed by atoms with Gasteiger partial charge in [-0.2, -0.15) is 0 Å². The molecule has 1 amide bonds. The van der Waals surface area contributed by atoms with E-state index in [2.05, 4.69) is 0 Å². The maximum absolute atomic E-state index is 13.2. The lowest BCUT2D eigenvalue weighted by molar-refractivity contribution is -0.129. The van der Waals surface area contributed by atoms with Crippen molar-refractivity contribution in [3.8, 4) is 0 Å². The normalized spacial score (nSPS) is 18.6. The summed E-state index contributed by atoms with van der Waals surface area (Å²) in [6.07, 6.45) is -0.483. The summed E-state index contributed by atoms with van der Waals surface area (Å²) in [6, 6.07) is 5.18. The predicted molar refractivity (Wildman–Crippen MR) is 82.7 cm³/mol. The molecule has 1 fully saturated rings. The fraction of sp³-hybridized carbons (Fsp3) is 0.529. The third kappa shape index (κ3) is 5.03. The zero-order chi connectivity index (χ0) is 17.0. The minimum absolute atomic E-state index is 0.0467. The topological polar surface area (TPSA) is 55.8 Å². The summed E-state index contributed by atoms with van der Waals surface area (Å²) >= 11 is 0. The van der Waals surface area contributed by atoms with Gasteiger partial charge in [-0.15, -0.1) is 0 Å². The molecule has 1 saturated heterocycles. The Morgan fingerprint density at radius 1 is 1.39 bits per heavy atom. The molecule has 1 aliphatic rings. The highest BCUT2D eigenvalue weighted by Gasteiger charge is 2.35. The van der Waals surface area contributed by atoms with Crippen LogP contribution in [-0.2, 0) is 20.7 Å². The van der Waals surface area contributed by atoms with Crippen LogP contribution in [0.3, 0.4) is 0 Å². The first-order valence-corrected chi connectivity index (χ1v) is 7.61. The van der Waals surface area contributed by atoms with Crippen molar-refractivity contribution < 1.29 is 23.5 Å². The monoisotopic (exact) mass is 323 g/mol. The summed E-state index contributed by atoms with van der Waals surface area (Å²) in [5, 5.41) is 0. The molecule has 1 atom stereocenters. The molecule has 23 heavy (non-hydrogen) atoms. The van der Waals surface area contributed by atoms with Gasteiger partial charge in [0.1, 0.15) is 17.5 Å². The van der Waals surface area contributed by atoms with E-state index in [4.69, 9.17) is 9.47 Å². The number of ether oxygens (including phenoxy) is 2. The number of nitrogens with zero attached hydrogens (tertiary/aromatic N) is 1. The molecular weight excluding hydrogens is 301 g/mol. The van der Waals surface area contributed by atoms with Gasteiger partial charge in [0, 0.05) is 13.0 Å². The average molecular weight is 323 g/mol. The van der Waals surface area contributed by atoms with Gasteiger partial charge in [-0.25, -0.2) is 9.18 Å². The van der Waals surface area contributed by atoms with Gasteiger partial charge in [0.05, 0.1) is 13.2 Å². The third-order valence-electron chi connectivity index (χ3n) is 3.40. The molecule has 1 unspecified atom stereocenters. The molecule has 1 heterocycles. The molecule has 1 aromatic rings. The Labute approximate surface area is 135 Å². The lowest BCUT2D eigenvalue weighted by Crippen LogP contribution is -2.54. The van der Waals surface area contributed by atoms with Crippen LogP contribution in [0.25, 0.3) is 0 Å². The molecule has 1 aromatic carbocycles. The number of hydrogen-bond donors (Lipinski definition) is 0. The van der Waals surface area contributed by atoms with Crippen molar-refractivity contribution in [3.63, 3.8) is 0 Å². The lowest BCUT2D eigenvalue weighted by atomic mass is 10.0. The van der Waals surface area contributed by atoms with Crippen LogP contribution in [0.15, 0.2) is 24.3 Å². The van der Waals surface area contributed by atoms with Gasteiger partial charge in [-0.1, -0.05) is 12.1 Å². The van der Waals surface area contributed by atoms with E-state index in [1.54, 1.807) is 32.9 Å². The molecule has 0 bridgehead atoms. The minimum atomic E-state index is -0.707. The van der Waals surface area contributed by atoms with E-state index in [9.17, 15) is 14.0 Å². The predicted octanol–water partition coefficient (Wildman–Crippen LogP) is 2.57. The van der Waals surface area contributed by atoms with Crippen molar-refractivity contribution >= 4 is 11.9 Å². The summed E-state index contributed by atoms with van der Waals surface area (Å²) in [5.41, 5.74) is -0.0596. The van der Waals surface area contributed by atoms with Crippen molar-refractivity contribution in [1.82, 2.24) is 4.90 Å². The standard InChI is InChI=1S/C17H22FNO4/c1-17(2,3)23-16(21)19-7-8-22-11-14(19)15(20)10-12-5-4-6-13(18)9-12/h4-6,9,14H,7-8,10-11H2,1-3H3.